The normalized spacial score (nSPS) is 15.3. The number of aryl methyl sites for hydroxylation is 2. The molecule has 5 rings (SSSR count). The third kappa shape index (κ3) is 3.60. The molecule has 1 amide bonds. The van der Waals surface area contributed by atoms with Gasteiger partial charge in [-0.25, -0.2) is 4.98 Å². The van der Waals surface area contributed by atoms with Crippen LogP contribution in [-0.2, 0) is 4.79 Å². The first-order valence-electron chi connectivity index (χ1n) is 9.37. The zero-order chi connectivity index (χ0) is 20.8. The van der Waals surface area contributed by atoms with Gasteiger partial charge >= 0.3 is 0 Å². The number of H-pyrrole nitrogens is 1. The van der Waals surface area contributed by atoms with Crippen LogP contribution in [-0.4, -0.2) is 20.2 Å². The highest BCUT2D eigenvalue weighted by Crippen LogP contribution is 2.33. The molecule has 1 fully saturated rings. The molecular weight excluding hydrogens is 430 g/mol. The minimum atomic E-state index is -0.148. The number of fused-ring (bicyclic) bond motifs is 1. The highest BCUT2D eigenvalue weighted by atomic mass is 32.2. The molecule has 1 saturated heterocycles. The number of amides is 1. The minimum Gasteiger partial charge on any atom is -0.337 e. The molecular formula is C23H17N3OS3. The van der Waals surface area contributed by atoms with Gasteiger partial charge in [-0.2, -0.15) is 0 Å². The van der Waals surface area contributed by atoms with E-state index in [1.165, 1.54) is 34.0 Å². The lowest BCUT2D eigenvalue weighted by Crippen LogP contribution is -2.17. The van der Waals surface area contributed by atoms with E-state index in [0.717, 1.165) is 27.3 Å². The van der Waals surface area contributed by atoms with Crippen LogP contribution < -0.4 is 5.32 Å². The van der Waals surface area contributed by atoms with Crippen molar-refractivity contribution in [1.82, 2.24) is 15.3 Å². The number of aromatic nitrogens is 2. The summed E-state index contributed by atoms with van der Waals surface area (Å²) in [6.45, 7) is 4.27. The van der Waals surface area contributed by atoms with E-state index in [9.17, 15) is 4.79 Å². The van der Waals surface area contributed by atoms with Gasteiger partial charge in [-0.15, -0.1) is 11.3 Å². The molecule has 7 heteroatoms. The van der Waals surface area contributed by atoms with Gasteiger partial charge in [0.25, 0.3) is 5.91 Å². The molecule has 0 bridgehead atoms. The lowest BCUT2D eigenvalue weighted by molar-refractivity contribution is -0.115. The third-order valence-corrected chi connectivity index (χ3v) is 7.22. The monoisotopic (exact) mass is 447 g/mol. The number of imidazole rings is 1. The van der Waals surface area contributed by atoms with Crippen molar-refractivity contribution in [3.8, 4) is 21.8 Å². The number of carbonyl (C=O) groups is 1. The Hall–Kier alpha value is -2.74. The van der Waals surface area contributed by atoms with Gasteiger partial charge in [0.15, 0.2) is 0 Å². The van der Waals surface area contributed by atoms with Gasteiger partial charge in [0.2, 0.25) is 0 Å². The van der Waals surface area contributed by atoms with Gasteiger partial charge in [0, 0.05) is 0 Å². The largest absolute Gasteiger partial charge is 0.337 e. The molecule has 0 aliphatic carbocycles. The molecule has 148 valence electrons. The molecule has 1 aliphatic heterocycles. The molecule has 4 nitrogen and oxygen atoms in total. The average molecular weight is 448 g/mol. The van der Waals surface area contributed by atoms with Crippen LogP contribution in [0.3, 0.4) is 0 Å². The molecule has 2 aromatic heterocycles. The standard InChI is InChI=1S/C23H17N3OS3/c1-12-3-5-15(7-13(12)2)16-10-19(29-11-16)21-24-17-6-4-14(8-18(17)25-21)9-20-22(27)26-23(28)30-20/h3-11H,1-2H3,(H,24,25)(H,26,27,28)/b20-9+. The lowest BCUT2D eigenvalue weighted by atomic mass is 10.0. The molecule has 2 aromatic carbocycles. The van der Waals surface area contributed by atoms with Gasteiger partial charge in [-0.1, -0.05) is 48.2 Å². The number of thioether (sulfide) groups is 1. The molecule has 4 aromatic rings. The summed E-state index contributed by atoms with van der Waals surface area (Å²) in [6, 6.07) is 14.7. The van der Waals surface area contributed by atoms with Crippen molar-refractivity contribution in [3.63, 3.8) is 0 Å². The Labute approximate surface area is 187 Å². The summed E-state index contributed by atoms with van der Waals surface area (Å²) < 4.78 is 0.492. The van der Waals surface area contributed by atoms with E-state index in [2.05, 4.69) is 53.8 Å². The summed E-state index contributed by atoms with van der Waals surface area (Å²) in [7, 11) is 0. The SMILES string of the molecule is Cc1ccc(-c2csc(-c3nc4cc(/C=C5/SC(=S)NC5=O)ccc4[nH]3)c2)cc1C. The molecule has 0 saturated carbocycles. The van der Waals surface area contributed by atoms with E-state index in [0.29, 0.717) is 9.23 Å². The van der Waals surface area contributed by atoms with Gasteiger partial charge in [0.1, 0.15) is 10.1 Å². The summed E-state index contributed by atoms with van der Waals surface area (Å²) in [5, 5.41) is 4.81. The second-order valence-corrected chi connectivity index (χ2v) is 9.84. The van der Waals surface area contributed by atoms with E-state index in [1.54, 1.807) is 11.3 Å². The zero-order valence-corrected chi connectivity index (χ0v) is 18.7. The van der Waals surface area contributed by atoms with Crippen LogP contribution >= 0.6 is 35.3 Å². The molecule has 0 unspecified atom stereocenters. The van der Waals surface area contributed by atoms with Gasteiger partial charge < -0.3 is 10.3 Å². The number of rotatable bonds is 3. The number of hydrogen-bond acceptors (Lipinski definition) is 5. The highest BCUT2D eigenvalue weighted by molar-refractivity contribution is 8.26. The Bertz CT molecular complexity index is 1360. The fourth-order valence-electron chi connectivity index (χ4n) is 3.33. The van der Waals surface area contributed by atoms with Crippen molar-refractivity contribution >= 4 is 62.7 Å². The summed E-state index contributed by atoms with van der Waals surface area (Å²) in [5.74, 6) is 0.703. The highest BCUT2D eigenvalue weighted by Gasteiger charge is 2.22. The molecule has 30 heavy (non-hydrogen) atoms. The number of thiocarbonyl (C=S) groups is 1. The van der Waals surface area contributed by atoms with Crippen molar-refractivity contribution in [2.24, 2.45) is 0 Å². The van der Waals surface area contributed by atoms with E-state index >= 15 is 0 Å². The van der Waals surface area contributed by atoms with E-state index < -0.39 is 0 Å². The summed E-state index contributed by atoms with van der Waals surface area (Å²) in [5.41, 5.74) is 7.76. The zero-order valence-electron chi connectivity index (χ0n) is 16.3. The van der Waals surface area contributed by atoms with Crippen LogP contribution in [0.5, 0.6) is 0 Å². The Morgan fingerprint density at radius 2 is 1.90 bits per heavy atom. The number of thiophene rings is 1. The van der Waals surface area contributed by atoms with Gasteiger partial charge in [0.05, 0.1) is 20.8 Å². The van der Waals surface area contributed by atoms with E-state index in [4.69, 9.17) is 17.2 Å². The maximum Gasteiger partial charge on any atom is 0.263 e. The Morgan fingerprint density at radius 3 is 2.67 bits per heavy atom. The second kappa shape index (κ2) is 7.50. The van der Waals surface area contributed by atoms with Crippen LogP contribution in [0.15, 0.2) is 52.7 Å². The van der Waals surface area contributed by atoms with Crippen molar-refractivity contribution in [2.75, 3.05) is 0 Å². The lowest BCUT2D eigenvalue weighted by Gasteiger charge is -2.02. The van der Waals surface area contributed by atoms with Crippen LogP contribution in [0.4, 0.5) is 0 Å². The molecule has 2 N–H and O–H groups in total. The number of carbonyl (C=O) groups excluding carboxylic acids is 1. The summed E-state index contributed by atoms with van der Waals surface area (Å²) >= 11 is 8.01. The van der Waals surface area contributed by atoms with Crippen LogP contribution in [0.1, 0.15) is 16.7 Å². The Morgan fingerprint density at radius 1 is 1.03 bits per heavy atom. The first kappa shape index (κ1) is 19.2. The minimum absolute atomic E-state index is 0.148. The number of hydrogen-bond donors (Lipinski definition) is 2. The predicted molar refractivity (Wildman–Crippen MR) is 131 cm³/mol. The molecule has 1 aliphatic rings. The van der Waals surface area contributed by atoms with E-state index in [-0.39, 0.29) is 5.91 Å². The predicted octanol–water partition coefficient (Wildman–Crippen LogP) is 6.06. The fraction of sp³-hybridized carbons (Fsp3) is 0.0870. The quantitative estimate of drug-likeness (QED) is 0.296. The molecule has 3 heterocycles. The van der Waals surface area contributed by atoms with Gasteiger partial charge in [-0.05, 0) is 71.3 Å². The first-order chi connectivity index (χ1) is 14.5. The fourth-order valence-corrected chi connectivity index (χ4v) is 5.24. The van der Waals surface area contributed by atoms with Crippen LogP contribution in [0.25, 0.3) is 38.9 Å². The third-order valence-electron chi connectivity index (χ3n) is 5.12. The number of nitrogens with one attached hydrogen (secondary N) is 2. The topological polar surface area (TPSA) is 57.8 Å². The van der Waals surface area contributed by atoms with Gasteiger partial charge in [-0.3, -0.25) is 4.79 Å². The second-order valence-electron chi connectivity index (χ2n) is 7.21. The van der Waals surface area contributed by atoms with Crippen LogP contribution in [0, 0.1) is 13.8 Å². The average Bonchev–Trinajstić information content (AvgIpc) is 3.42. The first-order valence-corrected chi connectivity index (χ1v) is 11.5. The maximum absolute atomic E-state index is 11.9. The van der Waals surface area contributed by atoms with Crippen molar-refractivity contribution in [3.05, 3.63) is 69.4 Å². The maximum atomic E-state index is 11.9. The van der Waals surface area contributed by atoms with E-state index in [1.807, 2.05) is 24.3 Å². The number of benzene rings is 2. The molecule has 0 atom stereocenters. The van der Waals surface area contributed by atoms with Crippen LogP contribution in [0.2, 0.25) is 0 Å². The smallest absolute Gasteiger partial charge is 0.263 e. The van der Waals surface area contributed by atoms with Crippen molar-refractivity contribution in [2.45, 2.75) is 13.8 Å². The van der Waals surface area contributed by atoms with Crippen molar-refractivity contribution < 1.29 is 4.79 Å². The molecule has 0 spiro atoms. The summed E-state index contributed by atoms with van der Waals surface area (Å²) in [4.78, 5) is 21.8. The Kier molecular flexibility index (Phi) is 4.81. The molecule has 0 radical (unpaired) electrons. The van der Waals surface area contributed by atoms with Crippen molar-refractivity contribution in [1.29, 1.82) is 0 Å². The number of aromatic amines is 1. The Balaban J connectivity index is 1.46. The number of nitrogens with zero attached hydrogens (tertiary/aromatic N) is 1. The summed E-state index contributed by atoms with van der Waals surface area (Å²) in [6.07, 6.45) is 1.84.